The highest BCUT2D eigenvalue weighted by atomic mass is 35.5. The van der Waals surface area contributed by atoms with Crippen molar-refractivity contribution in [3.63, 3.8) is 0 Å². The van der Waals surface area contributed by atoms with Crippen molar-refractivity contribution in [3.8, 4) is 5.75 Å². The molecule has 1 atom stereocenters. The Kier molecular flexibility index (Phi) is 6.34. The predicted molar refractivity (Wildman–Crippen MR) is 102 cm³/mol. The van der Waals surface area contributed by atoms with Crippen LogP contribution in [0.4, 0.5) is 11.4 Å². The Balaban J connectivity index is 2.10. The maximum atomic E-state index is 12.4. The molecule has 26 heavy (non-hydrogen) atoms. The van der Waals surface area contributed by atoms with E-state index in [4.69, 9.17) is 38.4 Å². The van der Waals surface area contributed by atoms with Crippen molar-refractivity contribution < 1.29 is 19.1 Å². The number of rotatable bonds is 5. The molecule has 138 valence electrons. The average molecular weight is 397 g/mol. The first-order valence-electron chi connectivity index (χ1n) is 7.64. The van der Waals surface area contributed by atoms with E-state index in [-0.39, 0.29) is 11.3 Å². The largest absolute Gasteiger partial charge is 0.495 e. The van der Waals surface area contributed by atoms with Crippen LogP contribution in [0.5, 0.6) is 5.75 Å². The van der Waals surface area contributed by atoms with Gasteiger partial charge in [-0.2, -0.15) is 0 Å². The van der Waals surface area contributed by atoms with Crippen molar-refractivity contribution in [2.45, 2.75) is 20.0 Å². The van der Waals surface area contributed by atoms with E-state index in [1.807, 2.05) is 0 Å². The van der Waals surface area contributed by atoms with Gasteiger partial charge in [0.1, 0.15) is 5.75 Å². The van der Waals surface area contributed by atoms with E-state index in [1.165, 1.54) is 32.2 Å². The number of nitrogen functional groups attached to an aromatic ring is 1. The Hall–Kier alpha value is -2.44. The highest BCUT2D eigenvalue weighted by Gasteiger charge is 2.22. The van der Waals surface area contributed by atoms with Gasteiger partial charge in [-0.25, -0.2) is 4.79 Å². The van der Waals surface area contributed by atoms with Crippen LogP contribution in [0.1, 0.15) is 22.8 Å². The summed E-state index contributed by atoms with van der Waals surface area (Å²) < 4.78 is 10.4. The van der Waals surface area contributed by atoms with E-state index in [0.29, 0.717) is 21.5 Å². The molecule has 0 saturated carbocycles. The lowest BCUT2D eigenvalue weighted by Crippen LogP contribution is -2.30. The minimum atomic E-state index is -1.06. The quantitative estimate of drug-likeness (QED) is 0.586. The number of benzene rings is 2. The van der Waals surface area contributed by atoms with Crippen molar-refractivity contribution in [1.82, 2.24) is 0 Å². The van der Waals surface area contributed by atoms with Gasteiger partial charge in [-0.15, -0.1) is 0 Å². The first-order valence-corrected chi connectivity index (χ1v) is 8.39. The fraction of sp³-hybridized carbons (Fsp3) is 0.222. The first kappa shape index (κ1) is 19.9. The van der Waals surface area contributed by atoms with Gasteiger partial charge in [-0.05, 0) is 43.7 Å². The van der Waals surface area contributed by atoms with Crippen LogP contribution in [0.2, 0.25) is 10.0 Å². The molecule has 0 aliphatic heterocycles. The zero-order valence-electron chi connectivity index (χ0n) is 14.4. The number of amides is 1. The van der Waals surface area contributed by atoms with E-state index < -0.39 is 18.0 Å². The summed E-state index contributed by atoms with van der Waals surface area (Å²) in [5.74, 6) is -0.846. The van der Waals surface area contributed by atoms with Gasteiger partial charge in [-0.3, -0.25) is 4.79 Å². The number of carbonyl (C=O) groups excluding carboxylic acids is 2. The number of methoxy groups -OCH3 is 1. The van der Waals surface area contributed by atoms with Crippen molar-refractivity contribution in [2.24, 2.45) is 0 Å². The molecule has 0 saturated heterocycles. The molecular weight excluding hydrogens is 379 g/mol. The number of anilines is 2. The zero-order chi connectivity index (χ0) is 19.4. The second-order valence-electron chi connectivity index (χ2n) is 5.57. The summed E-state index contributed by atoms with van der Waals surface area (Å²) in [5.41, 5.74) is 7.25. The second kappa shape index (κ2) is 8.29. The van der Waals surface area contributed by atoms with E-state index in [1.54, 1.807) is 19.1 Å². The smallest absolute Gasteiger partial charge is 0.341 e. The fourth-order valence-electron chi connectivity index (χ4n) is 2.16. The third kappa shape index (κ3) is 4.59. The summed E-state index contributed by atoms with van der Waals surface area (Å²) >= 11 is 11.8. The fourth-order valence-corrected chi connectivity index (χ4v) is 2.50. The SMILES string of the molecule is COc1cc(Cl)c(C)cc1NC(=O)C(C)OC(=O)c1ccc(Cl)cc1N. The van der Waals surface area contributed by atoms with Crippen LogP contribution < -0.4 is 15.8 Å². The van der Waals surface area contributed by atoms with Crippen molar-refractivity contribution >= 4 is 46.5 Å². The molecule has 2 aromatic carbocycles. The third-order valence-corrected chi connectivity index (χ3v) is 4.27. The number of esters is 1. The molecule has 6 nitrogen and oxygen atoms in total. The normalized spacial score (nSPS) is 11.6. The molecular formula is C18H18Cl2N2O4. The molecule has 2 aromatic rings. The number of nitrogens with one attached hydrogen (secondary N) is 1. The predicted octanol–water partition coefficient (Wildman–Crippen LogP) is 4.08. The highest BCUT2D eigenvalue weighted by molar-refractivity contribution is 6.31. The maximum absolute atomic E-state index is 12.4. The van der Waals surface area contributed by atoms with Crippen LogP contribution in [-0.2, 0) is 9.53 Å². The Morgan fingerprint density at radius 3 is 2.50 bits per heavy atom. The number of hydrogen-bond donors (Lipinski definition) is 2. The van der Waals surface area contributed by atoms with Crippen LogP contribution in [0.25, 0.3) is 0 Å². The lowest BCUT2D eigenvalue weighted by molar-refractivity contribution is -0.123. The van der Waals surface area contributed by atoms with Gasteiger partial charge < -0.3 is 20.5 Å². The Bertz CT molecular complexity index is 855. The van der Waals surface area contributed by atoms with Crippen molar-refractivity contribution in [2.75, 3.05) is 18.2 Å². The molecule has 1 unspecified atom stereocenters. The molecule has 8 heteroatoms. The molecule has 0 spiro atoms. The van der Waals surface area contributed by atoms with E-state index in [9.17, 15) is 9.59 Å². The third-order valence-electron chi connectivity index (χ3n) is 3.63. The minimum Gasteiger partial charge on any atom is -0.495 e. The lowest BCUT2D eigenvalue weighted by atomic mass is 10.2. The van der Waals surface area contributed by atoms with E-state index in [2.05, 4.69) is 5.32 Å². The van der Waals surface area contributed by atoms with Gasteiger partial charge >= 0.3 is 5.97 Å². The lowest BCUT2D eigenvalue weighted by Gasteiger charge is -2.16. The number of carbonyl (C=O) groups is 2. The van der Waals surface area contributed by atoms with Gasteiger partial charge in [0.2, 0.25) is 0 Å². The van der Waals surface area contributed by atoms with Gasteiger partial charge in [0, 0.05) is 21.8 Å². The van der Waals surface area contributed by atoms with E-state index >= 15 is 0 Å². The van der Waals surface area contributed by atoms with Crippen LogP contribution >= 0.6 is 23.2 Å². The average Bonchev–Trinajstić information content (AvgIpc) is 2.57. The van der Waals surface area contributed by atoms with Gasteiger partial charge in [0.15, 0.2) is 6.10 Å². The molecule has 0 aliphatic carbocycles. The molecule has 0 aromatic heterocycles. The maximum Gasteiger partial charge on any atom is 0.341 e. The minimum absolute atomic E-state index is 0.133. The number of nitrogens with two attached hydrogens (primary N) is 1. The Morgan fingerprint density at radius 1 is 1.19 bits per heavy atom. The van der Waals surface area contributed by atoms with Crippen LogP contribution in [-0.4, -0.2) is 25.1 Å². The van der Waals surface area contributed by atoms with Gasteiger partial charge in [0.25, 0.3) is 5.91 Å². The van der Waals surface area contributed by atoms with Crippen LogP contribution in [0.3, 0.4) is 0 Å². The topological polar surface area (TPSA) is 90.6 Å². The van der Waals surface area contributed by atoms with Crippen molar-refractivity contribution in [1.29, 1.82) is 0 Å². The standard InChI is InChI=1S/C18H18Cl2N2O4/c1-9-6-15(16(25-3)8-13(9)20)22-17(23)10(2)26-18(24)12-5-4-11(19)7-14(12)21/h4-8,10H,21H2,1-3H3,(H,22,23). The molecule has 0 bridgehead atoms. The molecule has 3 N–H and O–H groups in total. The molecule has 0 radical (unpaired) electrons. The second-order valence-corrected chi connectivity index (χ2v) is 6.41. The first-order chi connectivity index (χ1) is 12.2. The highest BCUT2D eigenvalue weighted by Crippen LogP contribution is 2.31. The summed E-state index contributed by atoms with van der Waals surface area (Å²) in [6.45, 7) is 3.25. The van der Waals surface area contributed by atoms with Gasteiger partial charge in [-0.1, -0.05) is 23.2 Å². The van der Waals surface area contributed by atoms with Crippen molar-refractivity contribution in [3.05, 3.63) is 51.5 Å². The number of ether oxygens (including phenoxy) is 2. The number of halogens is 2. The summed E-state index contributed by atoms with van der Waals surface area (Å²) in [5, 5.41) is 3.57. The van der Waals surface area contributed by atoms with E-state index in [0.717, 1.165) is 5.56 Å². The summed E-state index contributed by atoms with van der Waals surface area (Å²) in [6.07, 6.45) is -1.06. The molecule has 0 fully saturated rings. The van der Waals surface area contributed by atoms with Gasteiger partial charge in [0.05, 0.1) is 18.4 Å². The molecule has 2 rings (SSSR count). The Morgan fingerprint density at radius 2 is 1.88 bits per heavy atom. The summed E-state index contributed by atoms with van der Waals surface area (Å²) in [7, 11) is 1.46. The Labute approximate surface area is 161 Å². The van der Waals surface area contributed by atoms with Crippen LogP contribution in [0, 0.1) is 6.92 Å². The molecule has 1 amide bonds. The molecule has 0 heterocycles. The zero-order valence-corrected chi connectivity index (χ0v) is 15.9. The monoisotopic (exact) mass is 396 g/mol. The molecule has 0 aliphatic rings. The van der Waals surface area contributed by atoms with Crippen LogP contribution in [0.15, 0.2) is 30.3 Å². The number of hydrogen-bond acceptors (Lipinski definition) is 5. The summed E-state index contributed by atoms with van der Waals surface area (Å²) in [6, 6.07) is 7.66. The number of aryl methyl sites for hydroxylation is 1. The summed E-state index contributed by atoms with van der Waals surface area (Å²) in [4.78, 5) is 24.6.